The van der Waals surface area contributed by atoms with E-state index in [1.165, 1.54) is 18.2 Å². The molecule has 0 saturated heterocycles. The average molecular weight is 250 g/mol. The maximum absolute atomic E-state index is 12.0. The molecule has 18 heavy (non-hydrogen) atoms. The van der Waals surface area contributed by atoms with Crippen LogP contribution in [0.15, 0.2) is 18.2 Å². The molecule has 6 nitrogen and oxygen atoms in total. The van der Waals surface area contributed by atoms with E-state index in [0.29, 0.717) is 0 Å². The lowest BCUT2D eigenvalue weighted by Crippen LogP contribution is -2.26. The summed E-state index contributed by atoms with van der Waals surface area (Å²) in [4.78, 5) is 22.3. The number of hydrogen-bond donors (Lipinski definition) is 1. The largest absolute Gasteiger partial charge is 0.487 e. The molecule has 0 unspecified atom stereocenters. The predicted molar refractivity (Wildman–Crippen MR) is 64.8 cm³/mol. The van der Waals surface area contributed by atoms with Crippen LogP contribution in [0.2, 0.25) is 0 Å². The Hall–Kier alpha value is -2.11. The first-order valence-corrected chi connectivity index (χ1v) is 5.84. The number of benzene rings is 1. The van der Waals surface area contributed by atoms with E-state index >= 15 is 0 Å². The number of carbonyl (C=O) groups is 1. The van der Waals surface area contributed by atoms with Gasteiger partial charge in [-0.3, -0.25) is 14.9 Å². The molecule has 0 bridgehead atoms. The minimum absolute atomic E-state index is 0.0446. The predicted octanol–water partition coefficient (Wildman–Crippen LogP) is 1.89. The van der Waals surface area contributed by atoms with Gasteiger partial charge in [-0.2, -0.15) is 0 Å². The molecule has 1 saturated carbocycles. The van der Waals surface area contributed by atoms with Gasteiger partial charge in [0.25, 0.3) is 5.91 Å². The lowest BCUT2D eigenvalue weighted by atomic mass is 10.1. The first-order chi connectivity index (χ1) is 8.63. The van der Waals surface area contributed by atoms with Gasteiger partial charge in [-0.25, -0.2) is 0 Å². The maximum atomic E-state index is 12.0. The number of nitro benzene ring substituents is 1. The zero-order valence-electron chi connectivity index (χ0n) is 10.0. The number of nitro groups is 1. The summed E-state index contributed by atoms with van der Waals surface area (Å²) in [7, 11) is 0. The van der Waals surface area contributed by atoms with Crippen molar-refractivity contribution >= 4 is 11.6 Å². The molecule has 2 rings (SSSR count). The molecule has 1 aliphatic carbocycles. The van der Waals surface area contributed by atoms with Crippen molar-refractivity contribution in [3.05, 3.63) is 33.9 Å². The van der Waals surface area contributed by atoms with Crippen molar-refractivity contribution < 1.29 is 14.5 Å². The van der Waals surface area contributed by atoms with Gasteiger partial charge < -0.3 is 10.1 Å². The third-order valence-corrected chi connectivity index (χ3v) is 2.64. The highest BCUT2D eigenvalue weighted by Crippen LogP contribution is 2.31. The number of carbonyl (C=O) groups excluding carboxylic acids is 1. The van der Waals surface area contributed by atoms with Crippen LogP contribution in [-0.4, -0.2) is 23.5 Å². The number of rotatable bonds is 5. The summed E-state index contributed by atoms with van der Waals surface area (Å²) in [6.45, 7) is 1.99. The highest BCUT2D eigenvalue weighted by atomic mass is 16.6. The molecule has 1 N–H and O–H groups in total. The van der Waals surface area contributed by atoms with Gasteiger partial charge in [-0.15, -0.1) is 0 Å². The number of para-hydroxylation sites is 1. The second kappa shape index (κ2) is 5.03. The zero-order valence-corrected chi connectivity index (χ0v) is 10.0. The van der Waals surface area contributed by atoms with Crippen LogP contribution in [0.1, 0.15) is 30.1 Å². The number of nitrogens with zero attached hydrogens (tertiary/aromatic N) is 1. The Balaban J connectivity index is 2.34. The van der Waals surface area contributed by atoms with Gasteiger partial charge in [-0.1, -0.05) is 6.07 Å². The number of nitrogens with one attached hydrogen (secondary N) is 1. The fraction of sp³-hybridized carbons (Fsp3) is 0.417. The topological polar surface area (TPSA) is 81.5 Å². The van der Waals surface area contributed by atoms with Gasteiger partial charge in [0.2, 0.25) is 5.75 Å². The SMILES string of the molecule is CCOc1c(C(=O)NC2CC2)cccc1[N+](=O)[O-]. The summed E-state index contributed by atoms with van der Waals surface area (Å²) >= 11 is 0. The summed E-state index contributed by atoms with van der Waals surface area (Å²) in [5.41, 5.74) is 0.0400. The molecule has 1 aromatic rings. The molecule has 1 fully saturated rings. The van der Waals surface area contributed by atoms with Crippen molar-refractivity contribution in [2.45, 2.75) is 25.8 Å². The van der Waals surface area contributed by atoms with Crippen molar-refractivity contribution in [1.29, 1.82) is 0 Å². The Morgan fingerprint density at radius 2 is 2.28 bits per heavy atom. The molecular weight excluding hydrogens is 236 g/mol. The Morgan fingerprint density at radius 3 is 2.83 bits per heavy atom. The summed E-state index contributed by atoms with van der Waals surface area (Å²) in [6, 6.07) is 4.56. The Bertz CT molecular complexity index is 483. The van der Waals surface area contributed by atoms with Crippen LogP contribution in [0.5, 0.6) is 5.75 Å². The highest BCUT2D eigenvalue weighted by Gasteiger charge is 2.28. The van der Waals surface area contributed by atoms with Crippen LogP contribution in [0.25, 0.3) is 0 Å². The van der Waals surface area contributed by atoms with Crippen LogP contribution < -0.4 is 10.1 Å². The van der Waals surface area contributed by atoms with Crippen LogP contribution >= 0.6 is 0 Å². The molecule has 0 atom stereocenters. The fourth-order valence-electron chi connectivity index (χ4n) is 1.63. The number of hydrogen-bond acceptors (Lipinski definition) is 4. The summed E-state index contributed by atoms with van der Waals surface area (Å²) in [5.74, 6) is -0.271. The molecule has 1 amide bonds. The molecule has 1 aliphatic rings. The maximum Gasteiger partial charge on any atom is 0.311 e. The van der Waals surface area contributed by atoms with Gasteiger partial charge in [0.1, 0.15) is 0 Å². The van der Waals surface area contributed by atoms with Crippen LogP contribution in [0.4, 0.5) is 5.69 Å². The Labute approximate surface area is 104 Å². The van der Waals surface area contributed by atoms with Gasteiger partial charge >= 0.3 is 5.69 Å². The van der Waals surface area contributed by atoms with Crippen molar-refractivity contribution in [2.24, 2.45) is 0 Å². The minimum atomic E-state index is -0.543. The van der Waals surface area contributed by atoms with Gasteiger partial charge in [0.15, 0.2) is 0 Å². The van der Waals surface area contributed by atoms with Gasteiger partial charge in [0, 0.05) is 12.1 Å². The second-order valence-electron chi connectivity index (χ2n) is 4.09. The fourth-order valence-corrected chi connectivity index (χ4v) is 1.63. The average Bonchev–Trinajstić information content (AvgIpc) is 3.13. The molecule has 0 aromatic heterocycles. The van der Waals surface area contributed by atoms with Crippen LogP contribution in [0.3, 0.4) is 0 Å². The molecule has 0 aliphatic heterocycles. The highest BCUT2D eigenvalue weighted by molar-refractivity contribution is 5.98. The van der Waals surface area contributed by atoms with E-state index in [9.17, 15) is 14.9 Å². The minimum Gasteiger partial charge on any atom is -0.487 e. The van der Waals surface area contributed by atoms with E-state index in [4.69, 9.17) is 4.74 Å². The normalized spacial score (nSPS) is 14.1. The van der Waals surface area contributed by atoms with Crippen LogP contribution in [-0.2, 0) is 0 Å². The lowest BCUT2D eigenvalue weighted by Gasteiger charge is -2.10. The third-order valence-electron chi connectivity index (χ3n) is 2.64. The summed E-state index contributed by atoms with van der Waals surface area (Å²) in [5, 5.41) is 13.7. The van der Waals surface area contributed by atoms with Gasteiger partial charge in [-0.05, 0) is 25.8 Å². The van der Waals surface area contributed by atoms with E-state index in [2.05, 4.69) is 5.32 Å². The first kappa shape index (κ1) is 12.3. The summed E-state index contributed by atoms with van der Waals surface area (Å²) in [6.07, 6.45) is 1.93. The molecule has 0 heterocycles. The summed E-state index contributed by atoms with van der Waals surface area (Å²) < 4.78 is 5.25. The van der Waals surface area contributed by atoms with E-state index in [-0.39, 0.29) is 35.6 Å². The molecular formula is C12H14N2O4. The Morgan fingerprint density at radius 1 is 1.56 bits per heavy atom. The van der Waals surface area contributed by atoms with E-state index in [1.807, 2.05) is 0 Å². The number of amides is 1. The van der Waals surface area contributed by atoms with Crippen LogP contribution in [0, 0.1) is 10.1 Å². The van der Waals surface area contributed by atoms with E-state index < -0.39 is 4.92 Å². The van der Waals surface area contributed by atoms with Crippen molar-refractivity contribution in [2.75, 3.05) is 6.61 Å². The number of ether oxygens (including phenoxy) is 1. The quantitative estimate of drug-likeness (QED) is 0.639. The molecule has 96 valence electrons. The standard InChI is InChI=1S/C12H14N2O4/c1-2-18-11-9(12(15)13-8-6-7-8)4-3-5-10(11)14(16)17/h3-5,8H,2,6-7H2,1H3,(H,13,15). The van der Waals surface area contributed by atoms with Crippen molar-refractivity contribution in [3.63, 3.8) is 0 Å². The van der Waals surface area contributed by atoms with Crippen molar-refractivity contribution in [1.82, 2.24) is 5.32 Å². The lowest BCUT2D eigenvalue weighted by molar-refractivity contribution is -0.385. The first-order valence-electron chi connectivity index (χ1n) is 5.84. The zero-order chi connectivity index (χ0) is 13.1. The monoisotopic (exact) mass is 250 g/mol. The molecule has 0 spiro atoms. The smallest absolute Gasteiger partial charge is 0.311 e. The van der Waals surface area contributed by atoms with E-state index in [1.54, 1.807) is 6.92 Å². The molecule has 1 aromatic carbocycles. The molecule has 6 heteroatoms. The van der Waals surface area contributed by atoms with E-state index in [0.717, 1.165) is 12.8 Å². The Kier molecular flexibility index (Phi) is 3.45. The second-order valence-corrected chi connectivity index (χ2v) is 4.09. The van der Waals surface area contributed by atoms with Crippen molar-refractivity contribution in [3.8, 4) is 5.75 Å². The molecule has 0 radical (unpaired) electrons. The van der Waals surface area contributed by atoms with Gasteiger partial charge in [0.05, 0.1) is 17.1 Å². The third kappa shape index (κ3) is 2.58.